The highest BCUT2D eigenvalue weighted by Gasteiger charge is 2.25. The number of phosphoric ester groups is 1. The summed E-state index contributed by atoms with van der Waals surface area (Å²) in [6, 6.07) is 0. The Hall–Kier alpha value is -0.420. The molecule has 0 aromatic carbocycles. The third kappa shape index (κ3) is 14.5. The van der Waals surface area contributed by atoms with Crippen LogP contribution < -0.4 is 0 Å². The standard InChI is InChI=1S/C15H31O6P/c1-3-4-5-6-7-8-9-10-11-12-13-20-15(16)14(2)21-22(17,18)19/h14H,3-13H2,1-2H3,(H2,17,18,19). The molecule has 0 aromatic rings. The quantitative estimate of drug-likeness (QED) is 0.283. The van der Waals surface area contributed by atoms with Gasteiger partial charge in [-0.15, -0.1) is 0 Å². The van der Waals surface area contributed by atoms with Gasteiger partial charge in [0.15, 0.2) is 6.10 Å². The molecule has 2 N–H and O–H groups in total. The van der Waals surface area contributed by atoms with Crippen LogP contribution in [0.15, 0.2) is 0 Å². The van der Waals surface area contributed by atoms with Crippen molar-refractivity contribution in [2.75, 3.05) is 6.61 Å². The summed E-state index contributed by atoms with van der Waals surface area (Å²) in [5, 5.41) is 0. The van der Waals surface area contributed by atoms with E-state index in [2.05, 4.69) is 11.4 Å². The zero-order valence-electron chi connectivity index (χ0n) is 13.8. The highest BCUT2D eigenvalue weighted by Crippen LogP contribution is 2.37. The summed E-state index contributed by atoms with van der Waals surface area (Å²) in [6.45, 7) is 3.75. The molecule has 1 atom stereocenters. The molecule has 0 saturated heterocycles. The number of hydrogen-bond donors (Lipinski definition) is 2. The topological polar surface area (TPSA) is 93.1 Å². The van der Waals surface area contributed by atoms with Gasteiger partial charge in [-0.3, -0.25) is 4.52 Å². The highest BCUT2D eigenvalue weighted by atomic mass is 31.2. The molecule has 0 rings (SSSR count). The van der Waals surface area contributed by atoms with Crippen molar-refractivity contribution in [2.24, 2.45) is 0 Å². The minimum atomic E-state index is -4.64. The molecule has 6 nitrogen and oxygen atoms in total. The lowest BCUT2D eigenvalue weighted by molar-refractivity contribution is -0.152. The Morgan fingerprint density at radius 1 is 0.955 bits per heavy atom. The predicted octanol–water partition coefficient (Wildman–Crippen LogP) is 3.95. The molecular formula is C15H31O6P. The Labute approximate surface area is 133 Å². The molecule has 0 aliphatic carbocycles. The van der Waals surface area contributed by atoms with Gasteiger partial charge in [-0.1, -0.05) is 64.7 Å². The Morgan fingerprint density at radius 2 is 1.41 bits per heavy atom. The fourth-order valence-electron chi connectivity index (χ4n) is 2.13. The normalized spacial score (nSPS) is 13.1. The fraction of sp³-hybridized carbons (Fsp3) is 0.933. The summed E-state index contributed by atoms with van der Waals surface area (Å²) in [7, 11) is -4.64. The maximum Gasteiger partial charge on any atom is 0.470 e. The first-order chi connectivity index (χ1) is 10.4. The summed E-state index contributed by atoms with van der Waals surface area (Å²) >= 11 is 0. The second kappa shape index (κ2) is 13.1. The Bertz CT molecular complexity index is 328. The van der Waals surface area contributed by atoms with Crippen LogP contribution in [0, 0.1) is 0 Å². The smallest absolute Gasteiger partial charge is 0.464 e. The van der Waals surface area contributed by atoms with Crippen LogP contribution in [0.2, 0.25) is 0 Å². The molecule has 0 spiro atoms. The van der Waals surface area contributed by atoms with Crippen molar-refractivity contribution in [3.63, 3.8) is 0 Å². The van der Waals surface area contributed by atoms with Gasteiger partial charge in [0.1, 0.15) is 0 Å². The Kier molecular flexibility index (Phi) is 12.8. The maximum atomic E-state index is 11.4. The van der Waals surface area contributed by atoms with Crippen LogP contribution in [0.4, 0.5) is 0 Å². The van der Waals surface area contributed by atoms with Gasteiger partial charge in [0.05, 0.1) is 6.61 Å². The molecule has 0 amide bonds. The van der Waals surface area contributed by atoms with Crippen LogP contribution in [0.3, 0.4) is 0 Å². The number of unbranched alkanes of at least 4 members (excludes halogenated alkanes) is 9. The number of hydrogen-bond acceptors (Lipinski definition) is 4. The van der Waals surface area contributed by atoms with Crippen molar-refractivity contribution >= 4 is 13.8 Å². The lowest BCUT2D eigenvalue weighted by atomic mass is 10.1. The average molecular weight is 338 g/mol. The molecule has 7 heteroatoms. The van der Waals surface area contributed by atoms with E-state index in [1.807, 2.05) is 0 Å². The molecule has 0 heterocycles. The second-order valence-electron chi connectivity index (χ2n) is 5.59. The van der Waals surface area contributed by atoms with E-state index in [4.69, 9.17) is 14.5 Å². The van der Waals surface area contributed by atoms with E-state index in [0.717, 1.165) is 19.3 Å². The molecule has 22 heavy (non-hydrogen) atoms. The summed E-state index contributed by atoms with van der Waals surface area (Å²) in [5.41, 5.74) is 0. The largest absolute Gasteiger partial charge is 0.470 e. The predicted molar refractivity (Wildman–Crippen MR) is 85.4 cm³/mol. The van der Waals surface area contributed by atoms with E-state index in [1.165, 1.54) is 51.9 Å². The van der Waals surface area contributed by atoms with Crippen LogP contribution in [-0.4, -0.2) is 28.5 Å². The summed E-state index contributed by atoms with van der Waals surface area (Å²) in [4.78, 5) is 28.5. The average Bonchev–Trinajstić information content (AvgIpc) is 2.42. The first-order valence-corrected chi connectivity index (χ1v) is 9.80. The van der Waals surface area contributed by atoms with Gasteiger partial charge in [-0.05, 0) is 13.3 Å². The van der Waals surface area contributed by atoms with E-state index in [-0.39, 0.29) is 6.61 Å². The van der Waals surface area contributed by atoms with E-state index < -0.39 is 19.9 Å². The molecule has 0 fully saturated rings. The number of carbonyl (C=O) groups is 1. The van der Waals surface area contributed by atoms with Gasteiger partial charge in [-0.2, -0.15) is 0 Å². The molecule has 0 aliphatic rings. The van der Waals surface area contributed by atoms with Gasteiger partial charge >= 0.3 is 13.8 Å². The molecule has 0 saturated carbocycles. The van der Waals surface area contributed by atoms with Crippen LogP contribution in [0.25, 0.3) is 0 Å². The van der Waals surface area contributed by atoms with Crippen molar-refractivity contribution < 1.29 is 28.4 Å². The van der Waals surface area contributed by atoms with Crippen molar-refractivity contribution in [1.29, 1.82) is 0 Å². The molecule has 0 radical (unpaired) electrons. The van der Waals surface area contributed by atoms with Crippen molar-refractivity contribution in [1.82, 2.24) is 0 Å². The number of esters is 1. The highest BCUT2D eigenvalue weighted by molar-refractivity contribution is 7.46. The van der Waals surface area contributed by atoms with Crippen LogP contribution in [-0.2, 0) is 18.6 Å². The number of phosphoric acid groups is 1. The van der Waals surface area contributed by atoms with Gasteiger partial charge in [0, 0.05) is 0 Å². The van der Waals surface area contributed by atoms with E-state index in [9.17, 15) is 9.36 Å². The van der Waals surface area contributed by atoms with Crippen molar-refractivity contribution in [3.05, 3.63) is 0 Å². The molecule has 0 aromatic heterocycles. The Balaban J connectivity index is 3.39. The zero-order valence-corrected chi connectivity index (χ0v) is 14.7. The molecule has 0 aliphatic heterocycles. The first kappa shape index (κ1) is 21.6. The summed E-state index contributed by atoms with van der Waals surface area (Å²) in [5.74, 6) is -0.737. The summed E-state index contributed by atoms with van der Waals surface area (Å²) in [6.07, 6.45) is 10.7. The molecule has 132 valence electrons. The Morgan fingerprint density at radius 3 is 1.86 bits per heavy atom. The number of ether oxygens (including phenoxy) is 1. The van der Waals surface area contributed by atoms with Gasteiger partial charge in [0.2, 0.25) is 0 Å². The minimum Gasteiger partial charge on any atom is -0.464 e. The maximum absolute atomic E-state index is 11.4. The van der Waals surface area contributed by atoms with Crippen molar-refractivity contribution in [2.45, 2.75) is 84.2 Å². The molecule has 1 unspecified atom stereocenters. The number of carbonyl (C=O) groups excluding carboxylic acids is 1. The lowest BCUT2D eigenvalue weighted by Gasteiger charge is -2.12. The van der Waals surface area contributed by atoms with E-state index >= 15 is 0 Å². The zero-order chi connectivity index (χ0) is 16.8. The number of rotatable bonds is 14. The second-order valence-corrected chi connectivity index (χ2v) is 6.78. The van der Waals surface area contributed by atoms with Crippen LogP contribution in [0.1, 0.15) is 78.1 Å². The lowest BCUT2D eigenvalue weighted by Crippen LogP contribution is -2.22. The summed E-state index contributed by atoms with van der Waals surface area (Å²) < 4.78 is 19.7. The molecular weight excluding hydrogens is 307 g/mol. The van der Waals surface area contributed by atoms with Gasteiger partial charge < -0.3 is 14.5 Å². The minimum absolute atomic E-state index is 0.268. The monoisotopic (exact) mass is 338 g/mol. The third-order valence-electron chi connectivity index (χ3n) is 3.37. The van der Waals surface area contributed by atoms with Crippen LogP contribution >= 0.6 is 7.82 Å². The SMILES string of the molecule is CCCCCCCCCCCCOC(=O)C(C)OP(=O)(O)O. The van der Waals surface area contributed by atoms with Gasteiger partial charge in [-0.25, -0.2) is 9.36 Å². The fourth-order valence-corrected chi connectivity index (χ4v) is 2.63. The van der Waals surface area contributed by atoms with E-state index in [0.29, 0.717) is 0 Å². The van der Waals surface area contributed by atoms with Crippen LogP contribution in [0.5, 0.6) is 0 Å². The van der Waals surface area contributed by atoms with E-state index in [1.54, 1.807) is 0 Å². The van der Waals surface area contributed by atoms with Crippen molar-refractivity contribution in [3.8, 4) is 0 Å². The van der Waals surface area contributed by atoms with Gasteiger partial charge in [0.25, 0.3) is 0 Å². The molecule has 0 bridgehead atoms. The first-order valence-electron chi connectivity index (χ1n) is 8.27. The third-order valence-corrected chi connectivity index (χ3v) is 3.96.